The van der Waals surface area contributed by atoms with Gasteiger partial charge in [0.05, 0.1) is 18.4 Å². The number of hydrogen-bond donors (Lipinski definition) is 1. The van der Waals surface area contributed by atoms with Crippen LogP contribution in [0.15, 0.2) is 24.4 Å². The van der Waals surface area contributed by atoms with Crippen LogP contribution in [0.5, 0.6) is 0 Å². The Hall–Kier alpha value is -0.970. The molecule has 0 aromatic carbocycles. The molecule has 1 saturated carbocycles. The molecule has 2 aliphatic rings. The van der Waals surface area contributed by atoms with E-state index in [2.05, 4.69) is 21.3 Å². The Kier molecular flexibility index (Phi) is 4.43. The highest BCUT2D eigenvalue weighted by molar-refractivity contribution is 5.02. The number of rotatable bonds is 5. The summed E-state index contributed by atoms with van der Waals surface area (Å²) in [5.74, 6) is 0. The number of nitrogens with zero attached hydrogens (tertiary/aromatic N) is 2. The van der Waals surface area contributed by atoms with Crippen molar-refractivity contribution in [1.82, 2.24) is 15.2 Å². The molecule has 2 fully saturated rings. The van der Waals surface area contributed by atoms with Crippen LogP contribution in [0.25, 0.3) is 0 Å². The molecule has 2 atom stereocenters. The Balaban J connectivity index is 1.40. The first kappa shape index (κ1) is 13.0. The van der Waals surface area contributed by atoms with Crippen LogP contribution in [0, 0.1) is 0 Å². The summed E-state index contributed by atoms with van der Waals surface area (Å²) in [4.78, 5) is 6.92. The van der Waals surface area contributed by atoms with Crippen LogP contribution in [0.4, 0.5) is 0 Å². The van der Waals surface area contributed by atoms with Crippen molar-refractivity contribution in [2.24, 2.45) is 0 Å². The number of pyridine rings is 1. The lowest BCUT2D eigenvalue weighted by molar-refractivity contribution is -0.0548. The first-order chi connectivity index (χ1) is 9.43. The molecule has 1 aliphatic heterocycles. The van der Waals surface area contributed by atoms with E-state index in [-0.39, 0.29) is 0 Å². The summed E-state index contributed by atoms with van der Waals surface area (Å²) in [6.45, 7) is 5.00. The van der Waals surface area contributed by atoms with Crippen molar-refractivity contribution in [1.29, 1.82) is 0 Å². The lowest BCUT2D eigenvalue weighted by Gasteiger charge is -2.37. The van der Waals surface area contributed by atoms with Crippen molar-refractivity contribution in [3.8, 4) is 0 Å². The first-order valence-corrected chi connectivity index (χ1v) is 7.40. The molecule has 0 spiro atoms. The van der Waals surface area contributed by atoms with Gasteiger partial charge in [0.2, 0.25) is 0 Å². The molecule has 2 unspecified atom stereocenters. The molecule has 1 N–H and O–H groups in total. The molecule has 1 aromatic heterocycles. The van der Waals surface area contributed by atoms with E-state index in [0.29, 0.717) is 12.1 Å². The predicted molar refractivity (Wildman–Crippen MR) is 74.9 cm³/mol. The van der Waals surface area contributed by atoms with Gasteiger partial charge in [0.1, 0.15) is 0 Å². The fourth-order valence-electron chi connectivity index (χ4n) is 3.23. The van der Waals surface area contributed by atoms with E-state index < -0.39 is 0 Å². The molecular formula is C15H23N3O. The summed E-state index contributed by atoms with van der Waals surface area (Å²) in [7, 11) is 0. The molecule has 4 nitrogen and oxygen atoms in total. The van der Waals surface area contributed by atoms with E-state index >= 15 is 0 Å². The Bertz CT molecular complexity index is 384. The van der Waals surface area contributed by atoms with Crippen LogP contribution < -0.4 is 5.32 Å². The largest absolute Gasteiger partial charge is 0.375 e. The van der Waals surface area contributed by atoms with E-state index in [4.69, 9.17) is 4.74 Å². The van der Waals surface area contributed by atoms with Crippen LogP contribution in [0.1, 0.15) is 25.0 Å². The molecule has 1 aromatic rings. The molecule has 2 heterocycles. The summed E-state index contributed by atoms with van der Waals surface area (Å²) in [5.41, 5.74) is 1.11. The SMILES string of the molecule is c1ccc(CNCCN2CCOC3CCCC32)nc1. The highest BCUT2D eigenvalue weighted by atomic mass is 16.5. The van der Waals surface area contributed by atoms with Crippen molar-refractivity contribution >= 4 is 0 Å². The quantitative estimate of drug-likeness (QED) is 0.814. The molecule has 0 amide bonds. The molecule has 0 bridgehead atoms. The van der Waals surface area contributed by atoms with Crippen LogP contribution in [-0.2, 0) is 11.3 Å². The second-order valence-electron chi connectivity index (χ2n) is 5.44. The standard InChI is InChI=1S/C15H23N3O/c1-2-7-17-13(4-1)12-16-8-9-18-10-11-19-15-6-3-5-14(15)18/h1-2,4,7,14-16H,3,5-6,8-12H2. The maximum Gasteiger partial charge on any atom is 0.0730 e. The van der Waals surface area contributed by atoms with Gasteiger partial charge in [-0.05, 0) is 31.4 Å². The van der Waals surface area contributed by atoms with E-state index in [0.717, 1.165) is 38.5 Å². The van der Waals surface area contributed by atoms with Gasteiger partial charge in [0, 0.05) is 38.4 Å². The molecule has 4 heteroatoms. The van der Waals surface area contributed by atoms with Crippen molar-refractivity contribution < 1.29 is 4.74 Å². The molecule has 19 heavy (non-hydrogen) atoms. The Morgan fingerprint density at radius 3 is 3.26 bits per heavy atom. The topological polar surface area (TPSA) is 37.4 Å². The molecule has 1 saturated heterocycles. The van der Waals surface area contributed by atoms with Gasteiger partial charge >= 0.3 is 0 Å². The highest BCUT2D eigenvalue weighted by Gasteiger charge is 2.35. The zero-order chi connectivity index (χ0) is 12.9. The average molecular weight is 261 g/mol. The third-order valence-corrected chi connectivity index (χ3v) is 4.21. The minimum absolute atomic E-state index is 0.504. The van der Waals surface area contributed by atoms with Crippen LogP contribution in [0.2, 0.25) is 0 Å². The lowest BCUT2D eigenvalue weighted by Crippen LogP contribution is -2.50. The third-order valence-electron chi connectivity index (χ3n) is 4.21. The molecule has 3 rings (SSSR count). The van der Waals surface area contributed by atoms with Gasteiger partial charge in [-0.2, -0.15) is 0 Å². The summed E-state index contributed by atoms with van der Waals surface area (Å²) in [6, 6.07) is 6.73. The second kappa shape index (κ2) is 6.46. The van der Waals surface area contributed by atoms with Crippen LogP contribution in [0.3, 0.4) is 0 Å². The van der Waals surface area contributed by atoms with E-state index in [1.165, 1.54) is 19.3 Å². The maximum atomic E-state index is 5.84. The highest BCUT2D eigenvalue weighted by Crippen LogP contribution is 2.29. The predicted octanol–water partition coefficient (Wildman–Crippen LogP) is 1.42. The fourth-order valence-corrected chi connectivity index (χ4v) is 3.23. The minimum Gasteiger partial charge on any atom is -0.375 e. The zero-order valence-corrected chi connectivity index (χ0v) is 11.4. The summed E-state index contributed by atoms with van der Waals surface area (Å²) in [6.07, 6.45) is 6.24. The fraction of sp³-hybridized carbons (Fsp3) is 0.667. The van der Waals surface area contributed by atoms with E-state index in [1.807, 2.05) is 18.3 Å². The number of nitrogens with one attached hydrogen (secondary N) is 1. The number of hydrogen-bond acceptors (Lipinski definition) is 4. The number of aromatic nitrogens is 1. The van der Waals surface area contributed by atoms with Crippen molar-refractivity contribution in [2.75, 3.05) is 26.2 Å². The lowest BCUT2D eigenvalue weighted by atomic mass is 10.1. The molecule has 0 radical (unpaired) electrons. The number of ether oxygens (including phenoxy) is 1. The summed E-state index contributed by atoms with van der Waals surface area (Å²) in [5, 5.41) is 3.48. The van der Waals surface area contributed by atoms with Gasteiger partial charge in [0.15, 0.2) is 0 Å². The van der Waals surface area contributed by atoms with Crippen LogP contribution >= 0.6 is 0 Å². The molecule has 1 aliphatic carbocycles. The van der Waals surface area contributed by atoms with Crippen molar-refractivity contribution in [3.05, 3.63) is 30.1 Å². The maximum absolute atomic E-state index is 5.84. The first-order valence-electron chi connectivity index (χ1n) is 7.40. The zero-order valence-electron chi connectivity index (χ0n) is 11.4. The van der Waals surface area contributed by atoms with Crippen LogP contribution in [-0.4, -0.2) is 48.3 Å². The number of morpholine rings is 1. The Labute approximate surface area is 115 Å². The summed E-state index contributed by atoms with van der Waals surface area (Å²) >= 11 is 0. The smallest absolute Gasteiger partial charge is 0.0730 e. The van der Waals surface area contributed by atoms with Gasteiger partial charge < -0.3 is 10.1 Å². The van der Waals surface area contributed by atoms with Gasteiger partial charge in [-0.3, -0.25) is 9.88 Å². The number of fused-ring (bicyclic) bond motifs is 1. The third kappa shape index (κ3) is 3.32. The second-order valence-corrected chi connectivity index (χ2v) is 5.44. The van der Waals surface area contributed by atoms with Gasteiger partial charge in [0.25, 0.3) is 0 Å². The molecular weight excluding hydrogens is 238 g/mol. The van der Waals surface area contributed by atoms with Gasteiger partial charge in [-0.1, -0.05) is 6.07 Å². The Morgan fingerprint density at radius 1 is 1.37 bits per heavy atom. The summed E-state index contributed by atoms with van der Waals surface area (Å²) < 4.78 is 5.84. The Morgan fingerprint density at radius 2 is 2.37 bits per heavy atom. The van der Waals surface area contributed by atoms with Crippen molar-refractivity contribution in [2.45, 2.75) is 38.0 Å². The normalized spacial score (nSPS) is 27.4. The van der Waals surface area contributed by atoms with Gasteiger partial charge in [-0.25, -0.2) is 0 Å². The molecule has 104 valence electrons. The van der Waals surface area contributed by atoms with E-state index in [9.17, 15) is 0 Å². The van der Waals surface area contributed by atoms with Crippen molar-refractivity contribution in [3.63, 3.8) is 0 Å². The monoisotopic (exact) mass is 261 g/mol. The van der Waals surface area contributed by atoms with Gasteiger partial charge in [-0.15, -0.1) is 0 Å². The minimum atomic E-state index is 0.504. The average Bonchev–Trinajstić information content (AvgIpc) is 2.94. The van der Waals surface area contributed by atoms with E-state index in [1.54, 1.807) is 0 Å².